The number of para-hydroxylation sites is 1. The second kappa shape index (κ2) is 5.31. The Labute approximate surface area is 87.6 Å². The zero-order chi connectivity index (χ0) is 12.0. The molecule has 10 heteroatoms. The molecule has 86 valence electrons. The lowest BCUT2D eigenvalue weighted by molar-refractivity contribution is -0.979. The highest BCUT2D eigenvalue weighted by Crippen LogP contribution is 2.09. The van der Waals surface area contributed by atoms with Gasteiger partial charge in [0, 0.05) is 4.99 Å². The highest BCUT2D eigenvalue weighted by molar-refractivity contribution is 5.19. The van der Waals surface area contributed by atoms with Gasteiger partial charge in [-0.1, -0.05) is 23.1 Å². The van der Waals surface area contributed by atoms with Crippen molar-refractivity contribution in [2.24, 2.45) is 0 Å². The maximum atomic E-state index is 10.2. The van der Waals surface area contributed by atoms with E-state index in [0.29, 0.717) is 0 Å². The van der Waals surface area contributed by atoms with Gasteiger partial charge in [0.1, 0.15) is 0 Å². The fourth-order valence-corrected chi connectivity index (χ4v) is 0.679. The highest BCUT2D eigenvalue weighted by atomic mass is 17.4. The third kappa shape index (κ3) is 3.63. The number of nitro groups is 1. The SMILES string of the molecule is O=[N+]([O-])ON(OOc1ccccc1)[N+](=O)[O-]. The monoisotopic (exact) mass is 231 g/mol. The molecule has 0 aliphatic heterocycles. The molecular formula is C6H5N3O7. The van der Waals surface area contributed by atoms with Crippen LogP contribution in [0.5, 0.6) is 5.75 Å². The molecule has 0 heterocycles. The maximum absolute atomic E-state index is 10.2. The number of hydrogen-bond donors (Lipinski definition) is 0. The van der Waals surface area contributed by atoms with E-state index in [9.17, 15) is 20.2 Å². The minimum absolute atomic E-state index is 0.112. The van der Waals surface area contributed by atoms with Crippen LogP contribution in [-0.2, 0) is 9.93 Å². The molecule has 0 aliphatic rings. The molecule has 0 amide bonds. The Hall–Kier alpha value is -2.62. The molecule has 0 bridgehead atoms. The first kappa shape index (κ1) is 11.5. The molecule has 1 aromatic carbocycles. The molecule has 10 nitrogen and oxygen atoms in total. The first-order chi connectivity index (χ1) is 7.59. The van der Waals surface area contributed by atoms with Crippen molar-refractivity contribution in [1.29, 1.82) is 0 Å². The van der Waals surface area contributed by atoms with E-state index in [1.54, 1.807) is 18.2 Å². The fourth-order valence-electron chi connectivity index (χ4n) is 0.679. The Morgan fingerprint density at radius 1 is 1.12 bits per heavy atom. The Bertz CT molecular complexity index is 370. The Kier molecular flexibility index (Phi) is 3.80. The summed E-state index contributed by atoms with van der Waals surface area (Å²) < 4.78 is 0. The lowest BCUT2D eigenvalue weighted by Gasteiger charge is -2.07. The van der Waals surface area contributed by atoms with Gasteiger partial charge in [0.15, 0.2) is 5.75 Å². The topological polar surface area (TPSA) is 117 Å². The number of hydrogen-bond acceptors (Lipinski definition) is 7. The molecule has 1 rings (SSSR count). The van der Waals surface area contributed by atoms with Crippen LogP contribution < -0.4 is 4.89 Å². The lowest BCUT2D eigenvalue weighted by Crippen LogP contribution is -2.33. The molecular weight excluding hydrogens is 226 g/mol. The van der Waals surface area contributed by atoms with E-state index in [4.69, 9.17) is 0 Å². The molecule has 0 saturated carbocycles. The molecule has 0 aliphatic carbocycles. The van der Waals surface area contributed by atoms with Gasteiger partial charge in [0.2, 0.25) is 10.4 Å². The zero-order valence-electron chi connectivity index (χ0n) is 7.59. The third-order valence-electron chi connectivity index (χ3n) is 1.21. The third-order valence-corrected chi connectivity index (χ3v) is 1.21. The molecule has 0 N–H and O–H groups in total. The van der Waals surface area contributed by atoms with Crippen molar-refractivity contribution in [3.8, 4) is 5.75 Å². The molecule has 0 fully saturated rings. The van der Waals surface area contributed by atoms with E-state index in [-0.39, 0.29) is 5.75 Å². The van der Waals surface area contributed by atoms with E-state index in [0.717, 1.165) is 0 Å². The molecule has 0 radical (unpaired) electrons. The average Bonchev–Trinajstić information content (AvgIpc) is 2.25. The van der Waals surface area contributed by atoms with Crippen LogP contribution in [0.15, 0.2) is 30.3 Å². The second-order valence-electron chi connectivity index (χ2n) is 2.25. The summed E-state index contributed by atoms with van der Waals surface area (Å²) in [5.41, 5.74) is 0. The lowest BCUT2D eigenvalue weighted by atomic mass is 10.3. The molecule has 0 atom stereocenters. The fraction of sp³-hybridized carbons (Fsp3) is 0. The van der Waals surface area contributed by atoms with Gasteiger partial charge in [-0.2, -0.15) is 0 Å². The highest BCUT2D eigenvalue weighted by Gasteiger charge is 2.23. The van der Waals surface area contributed by atoms with Crippen molar-refractivity contribution in [2.45, 2.75) is 0 Å². The summed E-state index contributed by atoms with van der Waals surface area (Å²) in [6, 6.07) is 7.66. The Morgan fingerprint density at radius 3 is 2.25 bits per heavy atom. The van der Waals surface area contributed by atoms with Crippen molar-refractivity contribution in [2.75, 3.05) is 0 Å². The first-order valence-electron chi connectivity index (χ1n) is 3.76. The van der Waals surface area contributed by atoms with Crippen molar-refractivity contribution < 1.29 is 24.9 Å². The normalized spacial score (nSPS) is 9.25. The molecule has 0 aromatic heterocycles. The van der Waals surface area contributed by atoms with Crippen LogP contribution in [-0.4, -0.2) is 15.5 Å². The largest absolute Gasteiger partial charge is 0.323 e. The van der Waals surface area contributed by atoms with Crippen LogP contribution in [0, 0.1) is 20.2 Å². The number of benzene rings is 1. The van der Waals surface area contributed by atoms with Gasteiger partial charge in [-0.15, -0.1) is 10.1 Å². The van der Waals surface area contributed by atoms with E-state index >= 15 is 0 Å². The van der Waals surface area contributed by atoms with E-state index in [2.05, 4.69) is 14.8 Å². The molecule has 0 unspecified atom stereocenters. The predicted octanol–water partition coefficient (Wildman–Crippen LogP) is 0.529. The standard InChI is InChI=1S/C6H5N3O7/c10-7(11)8(15-9(12)13)16-14-6-4-2-1-3-5-6/h1-5H. The van der Waals surface area contributed by atoms with Crippen LogP contribution >= 0.6 is 0 Å². The van der Waals surface area contributed by atoms with E-state index in [1.807, 2.05) is 0 Å². The van der Waals surface area contributed by atoms with Gasteiger partial charge >= 0.3 is 5.09 Å². The number of rotatable bonds is 6. The summed E-state index contributed by atoms with van der Waals surface area (Å²) in [6.07, 6.45) is 0. The van der Waals surface area contributed by atoms with Gasteiger partial charge in [-0.3, -0.25) is 0 Å². The minimum atomic E-state index is -1.42. The summed E-state index contributed by atoms with van der Waals surface area (Å²) in [7, 11) is 0. The van der Waals surface area contributed by atoms with Crippen molar-refractivity contribution in [1.82, 2.24) is 5.34 Å². The summed E-state index contributed by atoms with van der Waals surface area (Å²) in [6.45, 7) is 0. The molecule has 1 aromatic rings. The van der Waals surface area contributed by atoms with Crippen LogP contribution in [0.3, 0.4) is 0 Å². The van der Waals surface area contributed by atoms with Crippen molar-refractivity contribution in [3.05, 3.63) is 50.6 Å². The van der Waals surface area contributed by atoms with Gasteiger partial charge in [0.25, 0.3) is 0 Å². The molecule has 0 saturated heterocycles. The van der Waals surface area contributed by atoms with Crippen LogP contribution in [0.2, 0.25) is 0 Å². The summed E-state index contributed by atoms with van der Waals surface area (Å²) in [4.78, 5) is 31.8. The first-order valence-corrected chi connectivity index (χ1v) is 3.76. The summed E-state index contributed by atoms with van der Waals surface area (Å²) >= 11 is 0. The quantitative estimate of drug-likeness (QED) is 0.395. The van der Waals surface area contributed by atoms with Gasteiger partial charge in [-0.25, -0.2) is 10.1 Å². The Balaban J connectivity index is 2.50. The number of nitrogens with zero attached hydrogens (tertiary/aromatic N) is 3. The Morgan fingerprint density at radius 2 is 1.75 bits per heavy atom. The molecule has 16 heavy (non-hydrogen) atoms. The van der Waals surface area contributed by atoms with Crippen LogP contribution in [0.1, 0.15) is 0 Å². The van der Waals surface area contributed by atoms with Gasteiger partial charge in [-0.05, 0) is 12.1 Å². The summed E-state index contributed by atoms with van der Waals surface area (Å²) in [5.74, 6) is 0.112. The zero-order valence-corrected chi connectivity index (χ0v) is 7.59. The smallest absolute Gasteiger partial charge is 0.308 e. The van der Waals surface area contributed by atoms with Crippen molar-refractivity contribution in [3.63, 3.8) is 0 Å². The van der Waals surface area contributed by atoms with Crippen LogP contribution in [0.25, 0.3) is 0 Å². The van der Waals surface area contributed by atoms with E-state index < -0.39 is 15.5 Å². The van der Waals surface area contributed by atoms with Gasteiger partial charge < -0.3 is 4.89 Å². The van der Waals surface area contributed by atoms with Crippen molar-refractivity contribution >= 4 is 0 Å². The predicted molar refractivity (Wildman–Crippen MR) is 45.1 cm³/mol. The second-order valence-corrected chi connectivity index (χ2v) is 2.25. The van der Waals surface area contributed by atoms with Gasteiger partial charge in [0.05, 0.1) is 0 Å². The number of hydrazine groups is 1. The summed E-state index contributed by atoms with van der Waals surface area (Å²) in [5, 5.41) is 16.6. The van der Waals surface area contributed by atoms with Crippen LogP contribution in [0.4, 0.5) is 0 Å². The van der Waals surface area contributed by atoms with E-state index in [1.165, 1.54) is 12.1 Å². The molecule has 0 spiro atoms. The maximum Gasteiger partial charge on any atom is 0.323 e. The minimum Gasteiger partial charge on any atom is -0.308 e. The average molecular weight is 231 g/mol.